The average molecular weight is 214 g/mol. The van der Waals surface area contributed by atoms with Crippen molar-refractivity contribution < 1.29 is 9.84 Å². The van der Waals surface area contributed by atoms with Crippen molar-refractivity contribution in [3.05, 3.63) is 17.5 Å². The molecule has 78 valence electrons. The van der Waals surface area contributed by atoms with Crippen LogP contribution in [0.2, 0.25) is 0 Å². The van der Waals surface area contributed by atoms with E-state index in [0.717, 1.165) is 5.13 Å². The van der Waals surface area contributed by atoms with Crippen LogP contribution >= 0.6 is 11.3 Å². The van der Waals surface area contributed by atoms with Crippen molar-refractivity contribution in [2.75, 3.05) is 26.1 Å². The number of ether oxygens (including phenoxy) is 1. The molecule has 4 nitrogen and oxygen atoms in total. The number of thiazole rings is 1. The first kappa shape index (κ1) is 11.0. The maximum atomic E-state index is 9.59. The summed E-state index contributed by atoms with van der Waals surface area (Å²) in [6.07, 6.45) is 0.742. The number of aromatic nitrogens is 1. The highest BCUT2D eigenvalue weighted by Gasteiger charge is 2.17. The average Bonchev–Trinajstić information content (AvgIpc) is 2.60. The summed E-state index contributed by atoms with van der Waals surface area (Å²) in [6, 6.07) is 0. The molecule has 0 radical (unpaired) electrons. The predicted octanol–water partition coefficient (Wildman–Crippen LogP) is 1.44. The summed E-state index contributed by atoms with van der Waals surface area (Å²) in [5.74, 6) is 0.464. The lowest BCUT2D eigenvalue weighted by Crippen LogP contribution is -2.07. The molecule has 0 aromatic carbocycles. The first-order valence-electron chi connectivity index (χ1n) is 4.12. The number of anilines is 1. The number of rotatable bonds is 4. The van der Waals surface area contributed by atoms with E-state index in [9.17, 15) is 5.11 Å². The highest BCUT2D eigenvalue weighted by molar-refractivity contribution is 7.16. The quantitative estimate of drug-likeness (QED) is 0.770. The fourth-order valence-electron chi connectivity index (χ4n) is 0.938. The van der Waals surface area contributed by atoms with Crippen LogP contribution in [0, 0.1) is 0 Å². The molecule has 1 aromatic heterocycles. The van der Waals surface area contributed by atoms with Gasteiger partial charge in [-0.3, -0.25) is 0 Å². The number of aliphatic hydroxyl groups is 1. The van der Waals surface area contributed by atoms with E-state index in [4.69, 9.17) is 4.74 Å². The third-order valence-electron chi connectivity index (χ3n) is 1.68. The van der Waals surface area contributed by atoms with Crippen LogP contribution < -0.4 is 9.64 Å². The van der Waals surface area contributed by atoms with E-state index in [1.54, 1.807) is 0 Å². The van der Waals surface area contributed by atoms with Gasteiger partial charge in [0, 0.05) is 14.1 Å². The molecule has 1 rings (SSSR count). The summed E-state index contributed by atoms with van der Waals surface area (Å²) >= 11 is 1.39. The van der Waals surface area contributed by atoms with Gasteiger partial charge < -0.3 is 14.7 Å². The van der Waals surface area contributed by atoms with Gasteiger partial charge in [-0.05, 0) is 0 Å². The molecular formula is C9H14N2O2S. The summed E-state index contributed by atoms with van der Waals surface area (Å²) in [5, 5.41) is 10.4. The second-order valence-electron chi connectivity index (χ2n) is 2.94. The molecule has 14 heavy (non-hydrogen) atoms. The highest BCUT2D eigenvalue weighted by Crippen LogP contribution is 2.35. The molecule has 5 heteroatoms. The Morgan fingerprint density at radius 3 is 2.71 bits per heavy atom. The lowest BCUT2D eigenvalue weighted by atomic mass is 10.3. The Morgan fingerprint density at radius 1 is 1.64 bits per heavy atom. The normalized spacial score (nSPS) is 12.3. The van der Waals surface area contributed by atoms with Crippen LogP contribution in [-0.4, -0.2) is 31.3 Å². The first-order valence-corrected chi connectivity index (χ1v) is 4.94. The summed E-state index contributed by atoms with van der Waals surface area (Å²) in [7, 11) is 5.32. The van der Waals surface area contributed by atoms with Gasteiger partial charge in [-0.15, -0.1) is 6.58 Å². The summed E-state index contributed by atoms with van der Waals surface area (Å²) in [6.45, 7) is 3.53. The Kier molecular flexibility index (Phi) is 3.49. The van der Waals surface area contributed by atoms with Crippen molar-refractivity contribution in [3.8, 4) is 5.88 Å². The van der Waals surface area contributed by atoms with E-state index < -0.39 is 6.10 Å². The third-order valence-corrected chi connectivity index (χ3v) is 2.95. The Labute approximate surface area is 87.5 Å². The zero-order chi connectivity index (χ0) is 10.7. The maximum Gasteiger partial charge on any atom is 0.232 e. The van der Waals surface area contributed by atoms with E-state index in [2.05, 4.69) is 11.6 Å². The van der Waals surface area contributed by atoms with Gasteiger partial charge in [0.1, 0.15) is 11.0 Å². The van der Waals surface area contributed by atoms with Gasteiger partial charge in [-0.25, -0.2) is 0 Å². The van der Waals surface area contributed by atoms with E-state index in [0.29, 0.717) is 10.8 Å². The molecule has 0 saturated carbocycles. The van der Waals surface area contributed by atoms with Crippen LogP contribution in [0.1, 0.15) is 11.0 Å². The Balaban J connectivity index is 3.08. The monoisotopic (exact) mass is 214 g/mol. The van der Waals surface area contributed by atoms with E-state index >= 15 is 0 Å². The van der Waals surface area contributed by atoms with Crippen molar-refractivity contribution in [1.29, 1.82) is 0 Å². The molecule has 0 amide bonds. The molecule has 1 heterocycles. The molecule has 0 fully saturated rings. The summed E-state index contributed by atoms with van der Waals surface area (Å²) in [5.41, 5.74) is 0. The van der Waals surface area contributed by atoms with Crippen molar-refractivity contribution >= 4 is 16.5 Å². The predicted molar refractivity (Wildman–Crippen MR) is 58.1 cm³/mol. The number of aliphatic hydroxyl groups excluding tert-OH is 1. The number of hydrogen-bond donors (Lipinski definition) is 1. The molecule has 0 saturated heterocycles. The summed E-state index contributed by atoms with van der Waals surface area (Å²) in [4.78, 5) is 6.77. The Bertz CT molecular complexity index is 323. The van der Waals surface area contributed by atoms with Gasteiger partial charge in [-0.2, -0.15) is 4.98 Å². The van der Waals surface area contributed by atoms with Crippen LogP contribution in [0.4, 0.5) is 5.13 Å². The van der Waals surface area contributed by atoms with Gasteiger partial charge in [0.05, 0.1) is 7.11 Å². The summed E-state index contributed by atoms with van der Waals surface area (Å²) < 4.78 is 5.06. The molecular weight excluding hydrogens is 200 g/mol. The highest BCUT2D eigenvalue weighted by atomic mass is 32.1. The van der Waals surface area contributed by atoms with E-state index in [1.807, 2.05) is 19.0 Å². The van der Waals surface area contributed by atoms with Gasteiger partial charge in [0.15, 0.2) is 5.13 Å². The molecule has 0 bridgehead atoms. The van der Waals surface area contributed by atoms with Crippen LogP contribution in [0.25, 0.3) is 0 Å². The van der Waals surface area contributed by atoms with Crippen molar-refractivity contribution in [2.45, 2.75) is 6.10 Å². The molecule has 1 aromatic rings. The zero-order valence-corrected chi connectivity index (χ0v) is 9.34. The fraction of sp³-hybridized carbons (Fsp3) is 0.444. The number of methoxy groups -OCH3 is 1. The minimum atomic E-state index is -0.712. The van der Waals surface area contributed by atoms with Crippen molar-refractivity contribution in [2.24, 2.45) is 0 Å². The van der Waals surface area contributed by atoms with Gasteiger partial charge in [0.25, 0.3) is 0 Å². The van der Waals surface area contributed by atoms with Gasteiger partial charge in [-0.1, -0.05) is 17.4 Å². The van der Waals surface area contributed by atoms with Crippen molar-refractivity contribution in [1.82, 2.24) is 4.98 Å². The number of hydrogen-bond acceptors (Lipinski definition) is 5. The Morgan fingerprint density at radius 2 is 2.29 bits per heavy atom. The fourth-order valence-corrected chi connectivity index (χ4v) is 1.88. The van der Waals surface area contributed by atoms with Crippen LogP contribution in [0.15, 0.2) is 12.7 Å². The minimum Gasteiger partial charge on any atom is -0.480 e. The number of nitrogens with zero attached hydrogens (tertiary/aromatic N) is 2. The second kappa shape index (κ2) is 4.43. The lowest BCUT2D eigenvalue weighted by molar-refractivity contribution is 0.226. The SMILES string of the molecule is C=CC(O)c1sc(N(C)C)nc1OC. The van der Waals surface area contributed by atoms with Gasteiger partial charge in [0.2, 0.25) is 5.88 Å². The van der Waals surface area contributed by atoms with Crippen LogP contribution in [-0.2, 0) is 0 Å². The lowest BCUT2D eigenvalue weighted by Gasteiger charge is -2.05. The first-order chi connectivity index (χ1) is 6.60. The molecule has 1 unspecified atom stereocenters. The third kappa shape index (κ3) is 2.05. The smallest absolute Gasteiger partial charge is 0.232 e. The van der Waals surface area contributed by atoms with Crippen LogP contribution in [0.3, 0.4) is 0 Å². The molecule has 0 aliphatic carbocycles. The van der Waals surface area contributed by atoms with E-state index in [1.165, 1.54) is 24.5 Å². The minimum absolute atomic E-state index is 0.464. The van der Waals surface area contributed by atoms with E-state index in [-0.39, 0.29) is 0 Å². The molecule has 0 aliphatic heterocycles. The Hall–Kier alpha value is -1.07. The topological polar surface area (TPSA) is 45.6 Å². The van der Waals surface area contributed by atoms with Crippen LogP contribution in [0.5, 0.6) is 5.88 Å². The molecule has 1 N–H and O–H groups in total. The molecule has 0 spiro atoms. The molecule has 0 aliphatic rings. The second-order valence-corrected chi connectivity index (χ2v) is 3.95. The molecule has 1 atom stereocenters. The maximum absolute atomic E-state index is 9.59. The zero-order valence-electron chi connectivity index (χ0n) is 8.52. The van der Waals surface area contributed by atoms with Gasteiger partial charge >= 0.3 is 0 Å². The largest absolute Gasteiger partial charge is 0.480 e. The van der Waals surface area contributed by atoms with Crippen molar-refractivity contribution in [3.63, 3.8) is 0 Å². The standard InChI is InChI=1S/C9H14N2O2S/c1-5-6(12)7-8(13-4)10-9(14-7)11(2)3/h5-6,12H,1H2,2-4H3.